The van der Waals surface area contributed by atoms with E-state index in [1.165, 1.54) is 44.3 Å². The summed E-state index contributed by atoms with van der Waals surface area (Å²) in [6, 6.07) is 16.3. The molecule has 2 heterocycles. The number of ether oxygens (including phenoxy) is 1. The Morgan fingerprint density at radius 2 is 1.88 bits per heavy atom. The zero-order valence-corrected chi connectivity index (χ0v) is 23.9. The van der Waals surface area contributed by atoms with Gasteiger partial charge in [0, 0.05) is 35.8 Å². The van der Waals surface area contributed by atoms with Crippen LogP contribution in [-0.4, -0.2) is 52.6 Å². The maximum absolute atomic E-state index is 13.0. The van der Waals surface area contributed by atoms with Crippen molar-refractivity contribution < 1.29 is 14.3 Å². The lowest BCUT2D eigenvalue weighted by molar-refractivity contribution is -0.114. The molecule has 0 radical (unpaired) electrons. The Bertz CT molecular complexity index is 1600. The van der Waals surface area contributed by atoms with Gasteiger partial charge in [0.1, 0.15) is 5.75 Å². The van der Waals surface area contributed by atoms with E-state index in [0.717, 1.165) is 35.6 Å². The smallest absolute Gasteiger partial charge is 0.258 e. The molecule has 3 aliphatic carbocycles. The highest BCUT2D eigenvalue weighted by Gasteiger charge is 2.45. The maximum atomic E-state index is 13.0. The Morgan fingerprint density at radius 3 is 2.69 bits per heavy atom. The highest BCUT2D eigenvalue weighted by molar-refractivity contribution is 6.04. The minimum Gasteiger partial charge on any atom is -0.493 e. The average molecular weight is 561 g/mol. The van der Waals surface area contributed by atoms with Crippen LogP contribution in [0.2, 0.25) is 0 Å². The molecule has 1 aliphatic heterocycles. The minimum absolute atomic E-state index is 0.0665. The number of aromatic nitrogens is 2. The number of carbonyl (C=O) groups excluding carboxylic acids is 2. The standard InChI is InChI=1S/C35H36N4O3/c40-33-11-9-30(37-34(41)29-20-36-39(22-29)21-25-6-2-1-3-7-25)19-32(33)28-16-26-8-10-31(18-27(26)17-28)42-24-35(12-13-35)23-38-14-4-5-15-38/h1-3,6-10,17-20,22H,4-5,11-16,21,23-24H2,(H,37,41). The molecule has 7 rings (SSSR count). The highest BCUT2D eigenvalue weighted by Crippen LogP contribution is 2.47. The number of benzene rings is 2. The number of likely N-dealkylation sites (tertiary alicyclic amines) is 1. The van der Waals surface area contributed by atoms with Crippen molar-refractivity contribution in [1.82, 2.24) is 20.0 Å². The van der Waals surface area contributed by atoms with E-state index in [1.54, 1.807) is 23.2 Å². The van der Waals surface area contributed by atoms with Gasteiger partial charge >= 0.3 is 0 Å². The number of hydrogen-bond donors (Lipinski definition) is 1. The monoisotopic (exact) mass is 560 g/mol. The summed E-state index contributed by atoms with van der Waals surface area (Å²) in [5, 5.41) is 7.31. The van der Waals surface area contributed by atoms with Crippen molar-refractivity contribution in [2.45, 2.75) is 45.1 Å². The number of nitrogens with one attached hydrogen (secondary N) is 1. The van der Waals surface area contributed by atoms with Gasteiger partial charge in [-0.15, -0.1) is 0 Å². The Kier molecular flexibility index (Phi) is 7.12. The second-order valence-corrected chi connectivity index (χ2v) is 12.2. The van der Waals surface area contributed by atoms with Crippen LogP contribution in [0.25, 0.3) is 6.08 Å². The molecule has 214 valence electrons. The third-order valence-electron chi connectivity index (χ3n) is 8.88. The average Bonchev–Trinajstić information content (AvgIpc) is 3.37. The van der Waals surface area contributed by atoms with E-state index in [-0.39, 0.29) is 18.1 Å². The van der Waals surface area contributed by atoms with Crippen LogP contribution in [0.15, 0.2) is 89.9 Å². The summed E-state index contributed by atoms with van der Waals surface area (Å²) in [6.45, 7) is 4.96. The van der Waals surface area contributed by atoms with Crippen LogP contribution in [-0.2, 0) is 17.8 Å². The molecule has 0 unspecified atom stereocenters. The largest absolute Gasteiger partial charge is 0.493 e. The van der Waals surface area contributed by atoms with Crippen LogP contribution in [0.3, 0.4) is 0 Å². The fourth-order valence-electron chi connectivity index (χ4n) is 6.26. The molecule has 4 aliphatic rings. The van der Waals surface area contributed by atoms with Gasteiger partial charge in [-0.2, -0.15) is 5.10 Å². The molecule has 2 aromatic carbocycles. The molecule has 1 amide bonds. The van der Waals surface area contributed by atoms with Crippen LogP contribution in [0, 0.1) is 5.41 Å². The van der Waals surface area contributed by atoms with Crippen LogP contribution >= 0.6 is 0 Å². The van der Waals surface area contributed by atoms with Gasteiger partial charge in [0.15, 0.2) is 5.78 Å². The van der Waals surface area contributed by atoms with Gasteiger partial charge in [-0.25, -0.2) is 0 Å². The SMILES string of the molecule is O=C1CC=C(NC(=O)c2cnn(Cc3ccccc3)c2)C=C1C1=Cc2cc(OCC3(CN4CCCC4)CC3)ccc2C1. The number of allylic oxidation sites excluding steroid dienone is 4. The number of fused-ring (bicyclic) bond motifs is 1. The topological polar surface area (TPSA) is 76.5 Å². The Balaban J connectivity index is 0.991. The molecule has 1 saturated heterocycles. The lowest BCUT2D eigenvalue weighted by atomic mass is 9.93. The molecule has 42 heavy (non-hydrogen) atoms. The molecule has 3 aromatic rings. The predicted octanol–water partition coefficient (Wildman–Crippen LogP) is 5.34. The second kappa shape index (κ2) is 11.2. The van der Waals surface area contributed by atoms with Crippen LogP contribution in [0.1, 0.15) is 59.2 Å². The van der Waals surface area contributed by atoms with E-state index in [9.17, 15) is 9.59 Å². The number of amides is 1. The van der Waals surface area contributed by atoms with E-state index >= 15 is 0 Å². The van der Waals surface area contributed by atoms with Gasteiger partial charge in [-0.05, 0) is 85.7 Å². The third-order valence-corrected chi connectivity index (χ3v) is 8.88. The predicted molar refractivity (Wildman–Crippen MR) is 162 cm³/mol. The fourth-order valence-corrected chi connectivity index (χ4v) is 6.26. The normalized spacial score (nSPS) is 19.1. The lowest BCUT2D eigenvalue weighted by Crippen LogP contribution is -2.31. The van der Waals surface area contributed by atoms with Gasteiger partial charge in [-0.3, -0.25) is 14.3 Å². The molecule has 1 saturated carbocycles. The van der Waals surface area contributed by atoms with Gasteiger partial charge in [0.05, 0.1) is 24.9 Å². The highest BCUT2D eigenvalue weighted by atomic mass is 16.5. The molecule has 0 bridgehead atoms. The first-order chi connectivity index (χ1) is 20.5. The number of nitrogens with zero attached hydrogens (tertiary/aromatic N) is 3. The molecular weight excluding hydrogens is 524 g/mol. The summed E-state index contributed by atoms with van der Waals surface area (Å²) in [6.07, 6.45) is 15.1. The third kappa shape index (κ3) is 5.88. The van der Waals surface area contributed by atoms with E-state index in [2.05, 4.69) is 39.6 Å². The summed E-state index contributed by atoms with van der Waals surface area (Å²) < 4.78 is 8.06. The first kappa shape index (κ1) is 26.7. The quantitative estimate of drug-likeness (QED) is 0.362. The number of carbonyl (C=O) groups is 2. The zero-order chi connectivity index (χ0) is 28.5. The van der Waals surface area contributed by atoms with E-state index < -0.39 is 0 Å². The molecule has 0 spiro atoms. The number of Topliss-reactive ketones (excluding diaryl/α,β-unsaturated/α-hetero) is 1. The van der Waals surface area contributed by atoms with Crippen molar-refractivity contribution >= 4 is 17.8 Å². The summed E-state index contributed by atoms with van der Waals surface area (Å²) in [7, 11) is 0. The zero-order valence-electron chi connectivity index (χ0n) is 23.9. The maximum Gasteiger partial charge on any atom is 0.258 e. The molecule has 0 atom stereocenters. The second-order valence-electron chi connectivity index (χ2n) is 12.2. The van der Waals surface area contributed by atoms with Gasteiger partial charge in [0.25, 0.3) is 5.91 Å². The van der Waals surface area contributed by atoms with Gasteiger partial charge in [0.2, 0.25) is 0 Å². The summed E-state index contributed by atoms with van der Waals surface area (Å²) in [5.74, 6) is 0.717. The lowest BCUT2D eigenvalue weighted by Gasteiger charge is -2.23. The van der Waals surface area contributed by atoms with E-state index in [0.29, 0.717) is 35.2 Å². The summed E-state index contributed by atoms with van der Waals surface area (Å²) in [5.41, 5.74) is 6.48. The fraction of sp³-hybridized carbons (Fsp3) is 0.343. The molecule has 1 N–H and O–H groups in total. The summed E-state index contributed by atoms with van der Waals surface area (Å²) in [4.78, 5) is 28.5. The minimum atomic E-state index is -0.242. The molecule has 2 fully saturated rings. The Labute approximate surface area is 246 Å². The number of hydrogen-bond acceptors (Lipinski definition) is 5. The molecule has 7 nitrogen and oxygen atoms in total. The number of ketones is 1. The van der Waals surface area contributed by atoms with Crippen molar-refractivity contribution in [3.63, 3.8) is 0 Å². The molecular formula is C35H36N4O3. The van der Waals surface area contributed by atoms with E-state index in [4.69, 9.17) is 4.74 Å². The molecule has 7 heteroatoms. The van der Waals surface area contributed by atoms with Crippen LogP contribution in [0.4, 0.5) is 0 Å². The van der Waals surface area contributed by atoms with Crippen molar-refractivity contribution in [2.75, 3.05) is 26.2 Å². The molecule has 1 aromatic heterocycles. The van der Waals surface area contributed by atoms with E-state index in [1.807, 2.05) is 36.4 Å². The first-order valence-corrected chi connectivity index (χ1v) is 15.0. The van der Waals surface area contributed by atoms with Crippen molar-refractivity contribution in [3.8, 4) is 5.75 Å². The number of rotatable bonds is 10. The van der Waals surface area contributed by atoms with Crippen molar-refractivity contribution in [1.29, 1.82) is 0 Å². The van der Waals surface area contributed by atoms with Gasteiger partial charge in [-0.1, -0.05) is 48.6 Å². The van der Waals surface area contributed by atoms with Crippen LogP contribution in [0.5, 0.6) is 5.75 Å². The first-order valence-electron chi connectivity index (χ1n) is 15.0. The van der Waals surface area contributed by atoms with Crippen molar-refractivity contribution in [3.05, 3.63) is 112 Å². The summed E-state index contributed by atoms with van der Waals surface area (Å²) >= 11 is 0. The van der Waals surface area contributed by atoms with Crippen molar-refractivity contribution in [2.24, 2.45) is 5.41 Å². The van der Waals surface area contributed by atoms with Gasteiger partial charge < -0.3 is 15.0 Å². The Hall–Kier alpha value is -4.23. The Morgan fingerprint density at radius 1 is 1.05 bits per heavy atom. The van der Waals surface area contributed by atoms with Crippen LogP contribution < -0.4 is 10.1 Å².